The average Bonchev–Trinajstić information content (AvgIpc) is 3.37. The van der Waals surface area contributed by atoms with Crippen molar-refractivity contribution in [1.82, 2.24) is 20.3 Å². The van der Waals surface area contributed by atoms with Crippen LogP contribution in [-0.4, -0.2) is 52.0 Å². The first-order chi connectivity index (χ1) is 15.1. The number of nitrogens with one attached hydrogen (secondary N) is 1. The maximum Gasteiger partial charge on any atom is 0.400 e. The van der Waals surface area contributed by atoms with Crippen molar-refractivity contribution in [1.29, 1.82) is 0 Å². The Labute approximate surface area is 185 Å². The van der Waals surface area contributed by atoms with Crippen LogP contribution >= 0.6 is 11.3 Å². The monoisotopic (exact) mass is 467 g/mol. The number of nitrogens with zero attached hydrogens (tertiary/aromatic N) is 3. The Hall–Kier alpha value is -2.99. The zero-order valence-electron chi connectivity index (χ0n) is 16.8. The molecule has 1 fully saturated rings. The summed E-state index contributed by atoms with van der Waals surface area (Å²) in [7, 11) is 0. The van der Waals surface area contributed by atoms with Gasteiger partial charge in [-0.3, -0.25) is 19.4 Å². The van der Waals surface area contributed by atoms with E-state index in [4.69, 9.17) is 5.73 Å². The SMILES string of the molecule is NC(=O)c1cnc(C[C@H](C(=O)N[C@@H]2C(=O)N3CCCN3Cc3ccccc32)C(F)(F)F)s1. The van der Waals surface area contributed by atoms with Crippen LogP contribution < -0.4 is 11.1 Å². The minimum Gasteiger partial charge on any atom is -0.365 e. The Morgan fingerprint density at radius 3 is 2.72 bits per heavy atom. The van der Waals surface area contributed by atoms with Gasteiger partial charge < -0.3 is 11.1 Å². The third-order valence-electron chi connectivity index (χ3n) is 5.52. The molecule has 0 radical (unpaired) electrons. The first-order valence-corrected chi connectivity index (χ1v) is 10.7. The molecule has 3 amide bonds. The number of amides is 3. The van der Waals surface area contributed by atoms with E-state index < -0.39 is 42.3 Å². The summed E-state index contributed by atoms with van der Waals surface area (Å²) in [6, 6.07) is 5.67. The number of fused-ring (bicyclic) bond motifs is 2. The predicted octanol–water partition coefficient (Wildman–Crippen LogP) is 1.78. The molecule has 4 rings (SSSR count). The minimum atomic E-state index is -4.88. The highest BCUT2D eigenvalue weighted by Gasteiger charge is 2.47. The first kappa shape index (κ1) is 22.2. The van der Waals surface area contributed by atoms with E-state index in [0.717, 1.165) is 18.2 Å². The molecule has 3 heterocycles. The minimum absolute atomic E-state index is 0.00308. The summed E-state index contributed by atoms with van der Waals surface area (Å²) in [6.45, 7) is 1.53. The fourth-order valence-corrected chi connectivity index (χ4v) is 4.77. The molecule has 3 N–H and O–H groups in total. The van der Waals surface area contributed by atoms with Gasteiger partial charge >= 0.3 is 6.18 Å². The van der Waals surface area contributed by atoms with Gasteiger partial charge in [-0.15, -0.1) is 11.3 Å². The summed E-state index contributed by atoms with van der Waals surface area (Å²) in [4.78, 5) is 41.0. The van der Waals surface area contributed by atoms with E-state index in [9.17, 15) is 27.6 Å². The van der Waals surface area contributed by atoms with Crippen LogP contribution in [0.15, 0.2) is 30.5 Å². The fourth-order valence-electron chi connectivity index (χ4n) is 3.95. The summed E-state index contributed by atoms with van der Waals surface area (Å²) < 4.78 is 41.4. The predicted molar refractivity (Wildman–Crippen MR) is 108 cm³/mol. The van der Waals surface area contributed by atoms with E-state index in [-0.39, 0.29) is 9.88 Å². The summed E-state index contributed by atoms with van der Waals surface area (Å²) in [5.74, 6) is -5.04. The van der Waals surface area contributed by atoms with Gasteiger partial charge in [-0.1, -0.05) is 24.3 Å². The van der Waals surface area contributed by atoms with E-state index in [1.165, 1.54) is 5.01 Å². The van der Waals surface area contributed by atoms with Crippen LogP contribution in [0.25, 0.3) is 0 Å². The number of alkyl halides is 3. The van der Waals surface area contributed by atoms with Crippen molar-refractivity contribution in [3.05, 3.63) is 51.5 Å². The normalized spacial score (nSPS) is 19.8. The van der Waals surface area contributed by atoms with Crippen molar-refractivity contribution in [3.63, 3.8) is 0 Å². The molecule has 0 unspecified atom stereocenters. The molecule has 1 aromatic carbocycles. The van der Waals surface area contributed by atoms with Crippen molar-refractivity contribution in [3.8, 4) is 0 Å². The molecule has 0 saturated carbocycles. The number of halogens is 3. The molecule has 2 aliphatic heterocycles. The fraction of sp³-hybridized carbons (Fsp3) is 0.400. The lowest BCUT2D eigenvalue weighted by Gasteiger charge is -2.28. The Bertz CT molecular complexity index is 1060. The summed E-state index contributed by atoms with van der Waals surface area (Å²) >= 11 is 0.706. The second-order valence-corrected chi connectivity index (χ2v) is 8.74. The molecule has 8 nitrogen and oxygen atoms in total. The van der Waals surface area contributed by atoms with Gasteiger partial charge in [-0.2, -0.15) is 13.2 Å². The Morgan fingerprint density at radius 2 is 2.03 bits per heavy atom. The highest BCUT2D eigenvalue weighted by Crippen LogP contribution is 2.33. The zero-order valence-corrected chi connectivity index (χ0v) is 17.6. The first-order valence-electron chi connectivity index (χ1n) is 9.91. The molecule has 2 aliphatic rings. The molecule has 0 spiro atoms. The second kappa shape index (κ2) is 8.51. The van der Waals surface area contributed by atoms with Crippen LogP contribution in [0.4, 0.5) is 13.2 Å². The lowest BCUT2D eigenvalue weighted by Crippen LogP contribution is -2.48. The number of thiazole rings is 1. The van der Waals surface area contributed by atoms with Crippen LogP contribution in [0.1, 0.15) is 38.3 Å². The molecule has 2 aromatic rings. The molecule has 32 heavy (non-hydrogen) atoms. The lowest BCUT2D eigenvalue weighted by atomic mass is 9.98. The Morgan fingerprint density at radius 1 is 1.28 bits per heavy atom. The number of hydrogen-bond donors (Lipinski definition) is 2. The number of hydrazine groups is 1. The van der Waals surface area contributed by atoms with Crippen LogP contribution in [0.5, 0.6) is 0 Å². The van der Waals surface area contributed by atoms with Crippen LogP contribution in [0, 0.1) is 5.92 Å². The third kappa shape index (κ3) is 4.32. The van der Waals surface area contributed by atoms with Crippen molar-refractivity contribution < 1.29 is 27.6 Å². The maximum absolute atomic E-state index is 13.8. The largest absolute Gasteiger partial charge is 0.400 e. The highest BCUT2D eigenvalue weighted by molar-refractivity contribution is 7.13. The third-order valence-corrected chi connectivity index (χ3v) is 6.56. The quantitative estimate of drug-likeness (QED) is 0.697. The lowest BCUT2D eigenvalue weighted by molar-refractivity contribution is -0.183. The number of hydrogen-bond acceptors (Lipinski definition) is 6. The Kier molecular flexibility index (Phi) is 5.91. The Balaban J connectivity index is 1.61. The van der Waals surface area contributed by atoms with Gasteiger partial charge in [-0.05, 0) is 17.5 Å². The molecule has 1 saturated heterocycles. The summed E-state index contributed by atoms with van der Waals surface area (Å²) in [5, 5.41) is 5.63. The molecular weight excluding hydrogens is 447 g/mol. The van der Waals surface area contributed by atoms with Gasteiger partial charge in [0.2, 0.25) is 5.91 Å². The molecule has 0 aliphatic carbocycles. The maximum atomic E-state index is 13.8. The van der Waals surface area contributed by atoms with E-state index in [1.54, 1.807) is 24.3 Å². The summed E-state index contributed by atoms with van der Waals surface area (Å²) in [6.07, 6.45) is -3.81. The van der Waals surface area contributed by atoms with E-state index in [1.807, 2.05) is 5.01 Å². The highest BCUT2D eigenvalue weighted by atomic mass is 32.1. The molecule has 0 bridgehead atoms. The number of aromatic nitrogens is 1. The van der Waals surface area contributed by atoms with Gasteiger partial charge in [0.1, 0.15) is 16.8 Å². The number of nitrogens with two attached hydrogens (primary N) is 1. The molecule has 170 valence electrons. The number of carbonyl (C=O) groups is 3. The number of benzene rings is 1. The van der Waals surface area contributed by atoms with Crippen molar-refractivity contribution in [2.24, 2.45) is 11.7 Å². The second-order valence-electron chi connectivity index (χ2n) is 7.62. The summed E-state index contributed by atoms with van der Waals surface area (Å²) in [5.41, 5.74) is 6.38. The molecule has 1 aromatic heterocycles. The van der Waals surface area contributed by atoms with Crippen molar-refractivity contribution in [2.45, 2.75) is 31.6 Å². The van der Waals surface area contributed by atoms with Crippen molar-refractivity contribution in [2.75, 3.05) is 13.1 Å². The van der Waals surface area contributed by atoms with Gasteiger partial charge in [0, 0.05) is 26.1 Å². The average molecular weight is 467 g/mol. The number of primary amides is 1. The van der Waals surface area contributed by atoms with Gasteiger partial charge in [0.05, 0.1) is 11.2 Å². The van der Waals surface area contributed by atoms with Crippen LogP contribution in [-0.2, 0) is 22.6 Å². The topological polar surface area (TPSA) is 109 Å². The van der Waals surface area contributed by atoms with E-state index >= 15 is 0 Å². The standard InChI is InChI=1S/C20H20F3N5O3S/c21-20(22,23)13(8-15-25-9-14(32-15)17(24)29)18(30)26-16-12-5-2-1-4-11(12)10-27-6-3-7-28(27)19(16)31/h1-2,4-5,9,13,16H,3,6-8,10H2,(H2,24,29)(H,26,30)/t13-,16+/m1/s1. The molecule has 12 heteroatoms. The van der Waals surface area contributed by atoms with Gasteiger partial charge in [0.15, 0.2) is 0 Å². The van der Waals surface area contributed by atoms with E-state index in [2.05, 4.69) is 10.3 Å². The van der Waals surface area contributed by atoms with Gasteiger partial charge in [0.25, 0.3) is 11.8 Å². The number of rotatable bonds is 5. The zero-order chi connectivity index (χ0) is 23.0. The number of carbonyl (C=O) groups excluding carboxylic acids is 3. The smallest absolute Gasteiger partial charge is 0.365 e. The molecule has 2 atom stereocenters. The van der Waals surface area contributed by atoms with Crippen molar-refractivity contribution >= 4 is 29.1 Å². The molecular formula is C20H20F3N5O3S. The van der Waals surface area contributed by atoms with Crippen LogP contribution in [0.3, 0.4) is 0 Å². The van der Waals surface area contributed by atoms with Gasteiger partial charge in [-0.25, -0.2) is 9.99 Å². The van der Waals surface area contributed by atoms with Crippen LogP contribution in [0.2, 0.25) is 0 Å². The van der Waals surface area contributed by atoms with E-state index in [0.29, 0.717) is 36.5 Å².